The lowest BCUT2D eigenvalue weighted by atomic mass is 10.1. The molecule has 1 N–H and O–H groups in total. The molecule has 0 bridgehead atoms. The maximum absolute atomic E-state index is 13.0. The van der Waals surface area contributed by atoms with Gasteiger partial charge in [-0.15, -0.1) is 0 Å². The first-order valence-corrected chi connectivity index (χ1v) is 13.9. The molecular formula is C28H31N3O4S. The number of anilines is 2. The minimum absolute atomic E-state index is 0.0713. The molecule has 8 heteroatoms. The highest BCUT2D eigenvalue weighted by Gasteiger charge is 2.22. The van der Waals surface area contributed by atoms with Crippen LogP contribution in [-0.4, -0.2) is 44.5 Å². The smallest absolute Gasteiger partial charge is 0.255 e. The van der Waals surface area contributed by atoms with Crippen LogP contribution < -0.4 is 9.62 Å². The van der Waals surface area contributed by atoms with Gasteiger partial charge in [0.15, 0.2) is 0 Å². The van der Waals surface area contributed by atoms with Crippen LogP contribution in [0, 0.1) is 6.92 Å². The Morgan fingerprint density at radius 2 is 1.61 bits per heavy atom. The van der Waals surface area contributed by atoms with Crippen molar-refractivity contribution in [2.45, 2.75) is 32.7 Å². The molecule has 0 spiro atoms. The molecule has 0 saturated carbocycles. The van der Waals surface area contributed by atoms with Gasteiger partial charge in [0.1, 0.15) is 0 Å². The summed E-state index contributed by atoms with van der Waals surface area (Å²) >= 11 is 0. The molecule has 2 amide bonds. The monoisotopic (exact) mass is 505 g/mol. The van der Waals surface area contributed by atoms with Crippen molar-refractivity contribution in [3.05, 3.63) is 95.1 Å². The second-order valence-electron chi connectivity index (χ2n) is 9.16. The van der Waals surface area contributed by atoms with Crippen LogP contribution >= 0.6 is 0 Å². The molecule has 0 radical (unpaired) electrons. The van der Waals surface area contributed by atoms with Gasteiger partial charge in [-0.3, -0.25) is 13.9 Å². The van der Waals surface area contributed by atoms with Crippen molar-refractivity contribution < 1.29 is 18.0 Å². The van der Waals surface area contributed by atoms with Crippen molar-refractivity contribution in [3.8, 4) is 0 Å². The summed E-state index contributed by atoms with van der Waals surface area (Å²) < 4.78 is 26.3. The average molecular weight is 506 g/mol. The number of nitrogens with one attached hydrogen (secondary N) is 1. The number of nitrogens with zero attached hydrogens (tertiary/aromatic N) is 2. The molecule has 1 aliphatic heterocycles. The first-order valence-electron chi connectivity index (χ1n) is 12.1. The molecule has 0 unspecified atom stereocenters. The Kier molecular flexibility index (Phi) is 7.74. The number of carbonyl (C=O) groups excluding carboxylic acids is 2. The molecule has 36 heavy (non-hydrogen) atoms. The van der Waals surface area contributed by atoms with Gasteiger partial charge in [0.2, 0.25) is 10.0 Å². The van der Waals surface area contributed by atoms with Crippen LogP contribution in [0.1, 0.15) is 51.1 Å². The highest BCUT2D eigenvalue weighted by Crippen LogP contribution is 2.23. The SMILES string of the molecule is Cc1cccc(N(Cc2ccc(C(=O)Nc3ccccc3C(=O)N3CCCCC3)cc2)S(C)(=O)=O)c1. The fourth-order valence-electron chi connectivity index (χ4n) is 4.35. The number of likely N-dealkylation sites (tertiary alicyclic amines) is 1. The molecule has 0 aromatic heterocycles. The highest BCUT2D eigenvalue weighted by atomic mass is 32.2. The van der Waals surface area contributed by atoms with E-state index in [1.165, 1.54) is 10.6 Å². The minimum Gasteiger partial charge on any atom is -0.339 e. The maximum atomic E-state index is 13.0. The van der Waals surface area contributed by atoms with Crippen LogP contribution in [0.2, 0.25) is 0 Å². The second-order valence-corrected chi connectivity index (χ2v) is 11.1. The molecular weight excluding hydrogens is 474 g/mol. The zero-order valence-electron chi connectivity index (χ0n) is 20.6. The van der Waals surface area contributed by atoms with E-state index in [0.29, 0.717) is 22.5 Å². The van der Waals surface area contributed by atoms with Crippen LogP contribution in [0.25, 0.3) is 0 Å². The van der Waals surface area contributed by atoms with E-state index in [0.717, 1.165) is 43.5 Å². The van der Waals surface area contributed by atoms with Gasteiger partial charge in [-0.1, -0.05) is 36.4 Å². The fraction of sp³-hybridized carbons (Fsp3) is 0.286. The maximum Gasteiger partial charge on any atom is 0.255 e. The van der Waals surface area contributed by atoms with Crippen molar-refractivity contribution in [2.24, 2.45) is 0 Å². The van der Waals surface area contributed by atoms with Gasteiger partial charge in [-0.05, 0) is 73.7 Å². The van der Waals surface area contributed by atoms with E-state index in [9.17, 15) is 18.0 Å². The third-order valence-electron chi connectivity index (χ3n) is 6.28. The number of hydrogen-bond acceptors (Lipinski definition) is 4. The molecule has 3 aromatic rings. The Bertz CT molecular complexity index is 1350. The summed E-state index contributed by atoms with van der Waals surface area (Å²) in [6.45, 7) is 3.53. The van der Waals surface area contributed by atoms with Crippen molar-refractivity contribution in [1.29, 1.82) is 0 Å². The zero-order valence-corrected chi connectivity index (χ0v) is 21.4. The van der Waals surface area contributed by atoms with E-state index in [4.69, 9.17) is 0 Å². The van der Waals surface area contributed by atoms with Crippen LogP contribution in [0.4, 0.5) is 11.4 Å². The quantitative estimate of drug-likeness (QED) is 0.498. The molecule has 1 fully saturated rings. The average Bonchev–Trinajstić information content (AvgIpc) is 2.87. The number of amides is 2. The largest absolute Gasteiger partial charge is 0.339 e. The van der Waals surface area contributed by atoms with Crippen LogP contribution in [0.5, 0.6) is 0 Å². The van der Waals surface area contributed by atoms with Gasteiger partial charge in [0, 0.05) is 18.7 Å². The number of para-hydroxylation sites is 1. The summed E-state index contributed by atoms with van der Waals surface area (Å²) in [6, 6.07) is 21.2. The molecule has 3 aromatic carbocycles. The zero-order chi connectivity index (χ0) is 25.7. The molecule has 1 aliphatic rings. The number of rotatable bonds is 7. The van der Waals surface area contributed by atoms with E-state index in [-0.39, 0.29) is 18.4 Å². The summed E-state index contributed by atoms with van der Waals surface area (Å²) in [7, 11) is -3.50. The summed E-state index contributed by atoms with van der Waals surface area (Å²) in [5.74, 6) is -0.405. The van der Waals surface area contributed by atoms with Gasteiger partial charge in [-0.25, -0.2) is 8.42 Å². The van der Waals surface area contributed by atoms with Gasteiger partial charge in [0.25, 0.3) is 11.8 Å². The summed E-state index contributed by atoms with van der Waals surface area (Å²) in [4.78, 5) is 27.8. The number of sulfonamides is 1. The normalized spacial score (nSPS) is 13.8. The Balaban J connectivity index is 1.49. The number of hydrogen-bond donors (Lipinski definition) is 1. The van der Waals surface area contributed by atoms with E-state index < -0.39 is 10.0 Å². The van der Waals surface area contributed by atoms with Gasteiger partial charge < -0.3 is 10.2 Å². The fourth-order valence-corrected chi connectivity index (χ4v) is 5.23. The first-order chi connectivity index (χ1) is 17.2. The van der Waals surface area contributed by atoms with Crippen molar-refractivity contribution in [3.63, 3.8) is 0 Å². The van der Waals surface area contributed by atoms with Crippen molar-refractivity contribution >= 4 is 33.2 Å². The second kappa shape index (κ2) is 11.0. The van der Waals surface area contributed by atoms with E-state index in [1.807, 2.05) is 30.0 Å². The topological polar surface area (TPSA) is 86.8 Å². The molecule has 7 nitrogen and oxygen atoms in total. The van der Waals surface area contributed by atoms with Crippen molar-refractivity contribution in [2.75, 3.05) is 29.0 Å². The highest BCUT2D eigenvalue weighted by molar-refractivity contribution is 7.92. The minimum atomic E-state index is -3.50. The standard InChI is InChI=1S/C28H31N3O4S/c1-21-9-8-10-24(19-21)31(36(2,34)35)20-22-13-15-23(16-14-22)27(32)29-26-12-5-4-11-25(26)28(33)30-17-6-3-7-18-30/h4-5,8-16,19H,3,6-7,17-18,20H2,1-2H3,(H,29,32). The van der Waals surface area contributed by atoms with Crippen LogP contribution in [0.15, 0.2) is 72.8 Å². The van der Waals surface area contributed by atoms with Crippen LogP contribution in [0.3, 0.4) is 0 Å². The van der Waals surface area contributed by atoms with Crippen molar-refractivity contribution in [1.82, 2.24) is 4.90 Å². The number of carbonyl (C=O) groups is 2. The Morgan fingerprint density at radius 1 is 0.917 bits per heavy atom. The lowest BCUT2D eigenvalue weighted by Gasteiger charge is -2.27. The number of aryl methyl sites for hydroxylation is 1. The molecule has 0 aliphatic carbocycles. The van der Waals surface area contributed by atoms with Crippen LogP contribution in [-0.2, 0) is 16.6 Å². The van der Waals surface area contributed by atoms with Gasteiger partial charge >= 0.3 is 0 Å². The van der Waals surface area contributed by atoms with E-state index in [1.54, 1.807) is 54.6 Å². The lowest BCUT2D eigenvalue weighted by Crippen LogP contribution is -2.36. The molecule has 188 valence electrons. The summed E-state index contributed by atoms with van der Waals surface area (Å²) in [5.41, 5.74) is 3.68. The Morgan fingerprint density at radius 3 is 2.28 bits per heavy atom. The first kappa shape index (κ1) is 25.4. The van der Waals surface area contributed by atoms with Gasteiger partial charge in [-0.2, -0.15) is 0 Å². The summed E-state index contributed by atoms with van der Waals surface area (Å²) in [5, 5.41) is 2.87. The molecule has 1 heterocycles. The van der Waals surface area contributed by atoms with E-state index in [2.05, 4.69) is 5.32 Å². The predicted octanol–water partition coefficient (Wildman–Crippen LogP) is 4.84. The lowest BCUT2D eigenvalue weighted by molar-refractivity contribution is 0.0725. The molecule has 0 atom stereocenters. The molecule has 4 rings (SSSR count). The number of benzene rings is 3. The predicted molar refractivity (Wildman–Crippen MR) is 143 cm³/mol. The van der Waals surface area contributed by atoms with Gasteiger partial charge in [0.05, 0.1) is 29.7 Å². The Hall–Kier alpha value is -3.65. The third kappa shape index (κ3) is 6.12. The molecule has 1 saturated heterocycles. The number of piperidine rings is 1. The summed E-state index contributed by atoms with van der Waals surface area (Å²) in [6.07, 6.45) is 4.30. The third-order valence-corrected chi connectivity index (χ3v) is 7.42. The Labute approximate surface area is 212 Å². The van der Waals surface area contributed by atoms with E-state index >= 15 is 0 Å².